The van der Waals surface area contributed by atoms with Crippen molar-refractivity contribution in [3.63, 3.8) is 0 Å². The van der Waals surface area contributed by atoms with Crippen LogP contribution in [-0.2, 0) is 23.8 Å². The molecule has 38 heavy (non-hydrogen) atoms. The molecule has 200 valence electrons. The van der Waals surface area contributed by atoms with Gasteiger partial charge in [-0.3, -0.25) is 9.89 Å². The number of nitrogens with one attached hydrogen (secondary N) is 1. The summed E-state index contributed by atoms with van der Waals surface area (Å²) in [6, 6.07) is 13.7. The van der Waals surface area contributed by atoms with Crippen LogP contribution in [0.4, 0.5) is 13.2 Å². The third kappa shape index (κ3) is 6.69. The maximum atomic E-state index is 13.1. The van der Waals surface area contributed by atoms with Crippen molar-refractivity contribution in [2.24, 2.45) is 0 Å². The first-order valence-electron chi connectivity index (χ1n) is 12.0. The maximum absolute atomic E-state index is 13.1. The number of alkyl halides is 3. The number of aliphatic carboxylic acids is 1. The number of aromatic amines is 1. The number of halogens is 3. The Morgan fingerprint density at radius 1 is 1.11 bits per heavy atom. The van der Waals surface area contributed by atoms with Crippen molar-refractivity contribution in [1.29, 1.82) is 0 Å². The smallest absolute Gasteiger partial charge is 0.418 e. The fourth-order valence-electron chi connectivity index (χ4n) is 3.78. The molecular weight excluding hydrogens is 503 g/mol. The molecule has 0 atom stereocenters. The van der Waals surface area contributed by atoms with Crippen LogP contribution in [0.15, 0.2) is 54.7 Å². The van der Waals surface area contributed by atoms with Crippen molar-refractivity contribution < 1.29 is 32.5 Å². The molecule has 0 aliphatic rings. The number of carbonyl (C=O) groups is 1. The molecule has 0 spiro atoms. The lowest BCUT2D eigenvalue weighted by atomic mass is 10.1. The van der Waals surface area contributed by atoms with Crippen molar-refractivity contribution >= 4 is 5.97 Å². The highest BCUT2D eigenvalue weighted by atomic mass is 19.4. The van der Waals surface area contributed by atoms with Gasteiger partial charge in [0, 0.05) is 30.1 Å². The van der Waals surface area contributed by atoms with Gasteiger partial charge < -0.3 is 14.6 Å². The first-order chi connectivity index (χ1) is 18.2. The second kappa shape index (κ2) is 11.8. The van der Waals surface area contributed by atoms with Crippen LogP contribution in [0.25, 0.3) is 17.1 Å². The van der Waals surface area contributed by atoms with E-state index in [2.05, 4.69) is 20.3 Å². The minimum atomic E-state index is -4.53. The van der Waals surface area contributed by atoms with E-state index in [1.54, 1.807) is 23.7 Å². The second-order valence-electron chi connectivity index (χ2n) is 8.35. The lowest BCUT2D eigenvalue weighted by Crippen LogP contribution is -2.07. The van der Waals surface area contributed by atoms with E-state index in [4.69, 9.17) is 14.6 Å². The molecule has 0 aliphatic heterocycles. The van der Waals surface area contributed by atoms with Gasteiger partial charge in [-0.2, -0.15) is 18.3 Å². The molecule has 0 bridgehead atoms. The average Bonchev–Trinajstić information content (AvgIpc) is 3.53. The van der Waals surface area contributed by atoms with Gasteiger partial charge in [0.2, 0.25) is 5.88 Å². The Morgan fingerprint density at radius 3 is 2.61 bits per heavy atom. The number of carboxylic acid groups (broad SMARTS) is 1. The first kappa shape index (κ1) is 26.7. The first-order valence-corrected chi connectivity index (χ1v) is 12.0. The van der Waals surface area contributed by atoms with E-state index in [9.17, 15) is 18.0 Å². The lowest BCUT2D eigenvalue weighted by Gasteiger charge is -2.11. The van der Waals surface area contributed by atoms with Gasteiger partial charge in [-0.25, -0.2) is 9.67 Å². The third-order valence-electron chi connectivity index (χ3n) is 5.55. The highest BCUT2D eigenvalue weighted by Gasteiger charge is 2.32. The van der Waals surface area contributed by atoms with Gasteiger partial charge in [0.15, 0.2) is 0 Å². The average molecular weight is 530 g/mol. The topological polar surface area (TPSA) is 115 Å². The van der Waals surface area contributed by atoms with E-state index in [-0.39, 0.29) is 24.5 Å². The number of pyridine rings is 1. The minimum Gasteiger partial charge on any atom is -0.492 e. The van der Waals surface area contributed by atoms with Gasteiger partial charge in [-0.05, 0) is 44.0 Å². The SMILES string of the molecule is CCOc1cc(C(F)(F)F)cnc1-c1cc(CCCOc2cc(CCC(=O)O)n(-c3ccccc3)n2)[nH]n1. The van der Waals surface area contributed by atoms with E-state index in [0.29, 0.717) is 37.4 Å². The molecule has 3 aromatic heterocycles. The zero-order valence-electron chi connectivity index (χ0n) is 20.5. The summed E-state index contributed by atoms with van der Waals surface area (Å²) in [5.74, 6) is -0.502. The summed E-state index contributed by atoms with van der Waals surface area (Å²) in [5, 5.41) is 20.6. The van der Waals surface area contributed by atoms with Gasteiger partial charge in [-0.15, -0.1) is 5.10 Å². The molecule has 3 heterocycles. The largest absolute Gasteiger partial charge is 0.492 e. The number of aromatic nitrogens is 5. The standard InChI is InChI=1S/C26H26F3N5O4/c1-2-37-22-13-17(26(27,28)29)16-30-25(22)21-14-18(31-32-21)7-6-12-38-23-15-20(10-11-24(35)36)34(33-23)19-8-4-3-5-9-19/h3-5,8-9,13-16H,2,6-7,10-12H2,1H3,(H,31,32)(H,35,36). The van der Waals surface area contributed by atoms with Crippen LogP contribution < -0.4 is 9.47 Å². The van der Waals surface area contributed by atoms with E-state index < -0.39 is 17.7 Å². The summed E-state index contributed by atoms with van der Waals surface area (Å²) in [5.41, 5.74) is 1.99. The van der Waals surface area contributed by atoms with E-state index >= 15 is 0 Å². The molecule has 4 aromatic rings. The van der Waals surface area contributed by atoms with Gasteiger partial charge in [0.25, 0.3) is 0 Å². The molecular formula is C26H26F3N5O4. The lowest BCUT2D eigenvalue weighted by molar-refractivity contribution is -0.138. The van der Waals surface area contributed by atoms with Gasteiger partial charge in [0.05, 0.1) is 30.9 Å². The summed E-state index contributed by atoms with van der Waals surface area (Å²) in [6.45, 7) is 2.20. The van der Waals surface area contributed by atoms with E-state index in [0.717, 1.165) is 29.3 Å². The van der Waals surface area contributed by atoms with Gasteiger partial charge in [-0.1, -0.05) is 18.2 Å². The Balaban J connectivity index is 1.38. The molecule has 1 aromatic carbocycles. The molecule has 0 fully saturated rings. The van der Waals surface area contributed by atoms with Crippen LogP contribution in [-0.4, -0.2) is 49.3 Å². The fraction of sp³-hybridized carbons (Fsp3) is 0.308. The number of para-hydroxylation sites is 1. The van der Waals surface area contributed by atoms with Crippen LogP contribution in [0.2, 0.25) is 0 Å². The van der Waals surface area contributed by atoms with E-state index in [1.807, 2.05) is 30.3 Å². The van der Waals surface area contributed by atoms with Gasteiger partial charge in [0.1, 0.15) is 17.1 Å². The van der Waals surface area contributed by atoms with Crippen molar-refractivity contribution in [1.82, 2.24) is 25.0 Å². The summed E-state index contributed by atoms with van der Waals surface area (Å²) in [6.07, 6.45) is -2.33. The third-order valence-corrected chi connectivity index (χ3v) is 5.55. The minimum absolute atomic E-state index is 0.0106. The number of aryl methyl sites for hydroxylation is 2. The van der Waals surface area contributed by atoms with Crippen LogP contribution in [0.5, 0.6) is 11.6 Å². The van der Waals surface area contributed by atoms with Crippen molar-refractivity contribution in [2.75, 3.05) is 13.2 Å². The fourth-order valence-corrected chi connectivity index (χ4v) is 3.78. The number of carboxylic acids is 1. The van der Waals surface area contributed by atoms with Crippen molar-refractivity contribution in [3.05, 3.63) is 71.7 Å². The normalized spacial score (nSPS) is 11.5. The number of rotatable bonds is 12. The molecule has 0 radical (unpaired) electrons. The zero-order valence-corrected chi connectivity index (χ0v) is 20.5. The van der Waals surface area contributed by atoms with Gasteiger partial charge >= 0.3 is 12.1 Å². The monoisotopic (exact) mass is 529 g/mol. The Labute approximate surface area is 216 Å². The highest BCUT2D eigenvalue weighted by Crippen LogP contribution is 2.35. The number of ether oxygens (including phenoxy) is 2. The predicted molar refractivity (Wildman–Crippen MR) is 131 cm³/mol. The number of H-pyrrole nitrogens is 1. The molecule has 4 rings (SSSR count). The summed E-state index contributed by atoms with van der Waals surface area (Å²) >= 11 is 0. The molecule has 2 N–H and O–H groups in total. The summed E-state index contributed by atoms with van der Waals surface area (Å²) in [4.78, 5) is 15.0. The Hall–Kier alpha value is -4.35. The van der Waals surface area contributed by atoms with Crippen LogP contribution in [0.1, 0.15) is 36.7 Å². The second-order valence-corrected chi connectivity index (χ2v) is 8.35. The maximum Gasteiger partial charge on any atom is 0.418 e. The number of hydrogen-bond donors (Lipinski definition) is 2. The summed E-state index contributed by atoms with van der Waals surface area (Å²) < 4.78 is 52.1. The summed E-state index contributed by atoms with van der Waals surface area (Å²) in [7, 11) is 0. The molecule has 0 amide bonds. The molecule has 0 unspecified atom stereocenters. The van der Waals surface area contributed by atoms with Crippen molar-refractivity contribution in [3.8, 4) is 28.7 Å². The molecule has 12 heteroatoms. The molecule has 9 nitrogen and oxygen atoms in total. The molecule has 0 aliphatic carbocycles. The Bertz CT molecular complexity index is 1370. The Morgan fingerprint density at radius 2 is 1.89 bits per heavy atom. The highest BCUT2D eigenvalue weighted by molar-refractivity contribution is 5.67. The predicted octanol–water partition coefficient (Wildman–Crippen LogP) is 5.10. The van der Waals surface area contributed by atoms with E-state index in [1.165, 1.54) is 0 Å². The number of benzene rings is 1. The molecule has 0 saturated heterocycles. The number of hydrogen-bond acceptors (Lipinski definition) is 6. The van der Waals surface area contributed by atoms with Crippen molar-refractivity contribution in [2.45, 2.75) is 38.8 Å². The van der Waals surface area contributed by atoms with Crippen LogP contribution in [0, 0.1) is 0 Å². The van der Waals surface area contributed by atoms with Crippen LogP contribution in [0.3, 0.4) is 0 Å². The Kier molecular flexibility index (Phi) is 8.29. The quantitative estimate of drug-likeness (QED) is 0.245. The number of nitrogens with zero attached hydrogens (tertiary/aromatic N) is 4. The van der Waals surface area contributed by atoms with Crippen LogP contribution >= 0.6 is 0 Å². The molecule has 0 saturated carbocycles. The zero-order chi connectivity index (χ0) is 27.1.